The minimum absolute atomic E-state index is 0.435. The minimum atomic E-state index is -1.36. The van der Waals surface area contributed by atoms with E-state index in [4.69, 9.17) is 5.11 Å². The van der Waals surface area contributed by atoms with Crippen LogP contribution in [0.25, 0.3) is 0 Å². The Morgan fingerprint density at radius 2 is 1.57 bits per heavy atom. The molecule has 0 aliphatic rings. The Hall–Kier alpha value is -1.30. The summed E-state index contributed by atoms with van der Waals surface area (Å²) < 4.78 is 0. The third kappa shape index (κ3) is 10.1. The van der Waals surface area contributed by atoms with Crippen LogP contribution in [0.2, 0.25) is 0 Å². The summed E-state index contributed by atoms with van der Waals surface area (Å²) in [4.78, 5) is 0. The van der Waals surface area contributed by atoms with Crippen LogP contribution in [0.1, 0.15) is 45.4 Å². The Morgan fingerprint density at radius 3 is 2.19 bits per heavy atom. The number of hydrogen-bond acceptors (Lipinski definition) is 4. The molecule has 0 saturated carbocycles. The summed E-state index contributed by atoms with van der Waals surface area (Å²) in [6, 6.07) is 0. The summed E-state index contributed by atoms with van der Waals surface area (Å²) in [6.45, 7) is 5.48. The summed E-state index contributed by atoms with van der Waals surface area (Å²) in [5, 5.41) is 38.2. The molecule has 0 aromatic heterocycles. The fourth-order valence-electron chi connectivity index (χ4n) is 1.70. The van der Waals surface area contributed by atoms with E-state index >= 15 is 0 Å². The third-order valence-corrected chi connectivity index (χ3v) is 3.05. The highest BCUT2D eigenvalue weighted by molar-refractivity contribution is 5.30. The van der Waals surface area contributed by atoms with Crippen LogP contribution in [0.4, 0.5) is 0 Å². The Bertz CT molecular complexity index is 396. The van der Waals surface area contributed by atoms with Crippen LogP contribution in [0.5, 0.6) is 0 Å². The Labute approximate surface area is 127 Å². The van der Waals surface area contributed by atoms with Crippen molar-refractivity contribution >= 4 is 0 Å². The standard InChI is InChI=1S/C17H26O4/c1-3-5-6-7-8-12-15(19)17(21)16(20)13-10-9-11-14(18)4-2/h4,14-21H,2-3,5-8,12H2,1H3/t14-,15+,16-,17-/m0/s1. The van der Waals surface area contributed by atoms with Gasteiger partial charge in [0.15, 0.2) is 0 Å². The van der Waals surface area contributed by atoms with E-state index in [1.165, 1.54) is 12.5 Å². The number of hydrogen-bond donors (Lipinski definition) is 4. The highest BCUT2D eigenvalue weighted by Gasteiger charge is 2.22. The molecular formula is C17H26O4. The summed E-state index contributed by atoms with van der Waals surface area (Å²) in [5.41, 5.74) is 0. The largest absolute Gasteiger partial charge is 0.390 e. The van der Waals surface area contributed by atoms with E-state index in [0.29, 0.717) is 6.42 Å². The molecule has 0 amide bonds. The van der Waals surface area contributed by atoms with Gasteiger partial charge in [0.1, 0.15) is 18.3 Å². The number of aliphatic hydroxyl groups is 4. The van der Waals surface area contributed by atoms with Crippen molar-refractivity contribution in [3.05, 3.63) is 12.7 Å². The molecule has 0 aromatic carbocycles. The second kappa shape index (κ2) is 12.4. The predicted octanol–water partition coefficient (Wildman–Crippen LogP) is 0.983. The molecule has 0 heterocycles. The van der Waals surface area contributed by atoms with Crippen molar-refractivity contribution in [3.8, 4) is 23.7 Å². The first-order valence-electron chi connectivity index (χ1n) is 7.38. The topological polar surface area (TPSA) is 80.9 Å². The van der Waals surface area contributed by atoms with Crippen molar-refractivity contribution in [1.29, 1.82) is 0 Å². The molecule has 0 fully saturated rings. The molecular weight excluding hydrogens is 268 g/mol. The molecule has 0 bridgehead atoms. The SMILES string of the molecule is C=C[C@H](O)C#CC#C[C@H](O)[C@@H](O)[C@H](O)CCCCCCC. The summed E-state index contributed by atoms with van der Waals surface area (Å²) >= 11 is 0. The zero-order valence-corrected chi connectivity index (χ0v) is 12.6. The van der Waals surface area contributed by atoms with Crippen molar-refractivity contribution in [1.82, 2.24) is 0 Å². The van der Waals surface area contributed by atoms with E-state index in [1.807, 2.05) is 0 Å². The number of unbranched alkanes of at least 4 members (excludes halogenated alkanes) is 4. The maximum Gasteiger partial charge on any atom is 0.144 e. The van der Waals surface area contributed by atoms with Gasteiger partial charge in [-0.15, -0.1) is 0 Å². The van der Waals surface area contributed by atoms with Crippen LogP contribution < -0.4 is 0 Å². The van der Waals surface area contributed by atoms with Crippen molar-refractivity contribution in [2.75, 3.05) is 0 Å². The first-order chi connectivity index (χ1) is 10.0. The fraction of sp³-hybridized carbons (Fsp3) is 0.647. The molecule has 0 saturated heterocycles. The molecule has 0 aliphatic heterocycles. The zero-order chi connectivity index (χ0) is 16.1. The number of aliphatic hydroxyl groups excluding tert-OH is 4. The smallest absolute Gasteiger partial charge is 0.144 e. The third-order valence-electron chi connectivity index (χ3n) is 3.05. The molecule has 0 rings (SSSR count). The Kier molecular flexibility index (Phi) is 11.7. The van der Waals surface area contributed by atoms with Gasteiger partial charge in [-0.05, 0) is 18.3 Å². The number of rotatable bonds is 9. The summed E-state index contributed by atoms with van der Waals surface area (Å²) in [5.74, 6) is 9.37. The van der Waals surface area contributed by atoms with Gasteiger partial charge in [-0.3, -0.25) is 0 Å². The molecule has 0 aliphatic carbocycles. The van der Waals surface area contributed by atoms with Crippen LogP contribution in [0.15, 0.2) is 12.7 Å². The molecule has 0 spiro atoms. The second-order valence-corrected chi connectivity index (χ2v) is 4.92. The molecule has 0 radical (unpaired) electrons. The molecule has 4 heteroatoms. The van der Waals surface area contributed by atoms with Gasteiger partial charge in [-0.25, -0.2) is 0 Å². The lowest BCUT2D eigenvalue weighted by Crippen LogP contribution is -2.36. The molecule has 4 atom stereocenters. The van der Waals surface area contributed by atoms with Crippen LogP contribution in [0.3, 0.4) is 0 Å². The first kappa shape index (κ1) is 19.7. The first-order valence-corrected chi connectivity index (χ1v) is 7.38. The van der Waals surface area contributed by atoms with Crippen molar-refractivity contribution < 1.29 is 20.4 Å². The second-order valence-electron chi connectivity index (χ2n) is 4.92. The maximum absolute atomic E-state index is 9.76. The van der Waals surface area contributed by atoms with Gasteiger partial charge in [0.2, 0.25) is 0 Å². The molecule has 0 aromatic rings. The highest BCUT2D eigenvalue weighted by atomic mass is 16.4. The average Bonchev–Trinajstić information content (AvgIpc) is 2.49. The molecule has 4 nitrogen and oxygen atoms in total. The van der Waals surface area contributed by atoms with E-state index in [2.05, 4.69) is 37.2 Å². The van der Waals surface area contributed by atoms with Gasteiger partial charge in [-0.2, -0.15) is 0 Å². The Morgan fingerprint density at radius 1 is 0.952 bits per heavy atom. The van der Waals surface area contributed by atoms with Gasteiger partial charge in [0.25, 0.3) is 0 Å². The van der Waals surface area contributed by atoms with Gasteiger partial charge >= 0.3 is 0 Å². The van der Waals surface area contributed by atoms with Crippen molar-refractivity contribution in [2.24, 2.45) is 0 Å². The van der Waals surface area contributed by atoms with E-state index in [1.54, 1.807) is 0 Å². The van der Waals surface area contributed by atoms with E-state index in [9.17, 15) is 15.3 Å². The van der Waals surface area contributed by atoms with Crippen LogP contribution in [-0.4, -0.2) is 44.8 Å². The van der Waals surface area contributed by atoms with Gasteiger partial charge in [0, 0.05) is 0 Å². The molecule has 118 valence electrons. The normalized spacial score (nSPS) is 15.7. The van der Waals surface area contributed by atoms with Gasteiger partial charge in [0.05, 0.1) is 6.10 Å². The molecule has 21 heavy (non-hydrogen) atoms. The van der Waals surface area contributed by atoms with Crippen LogP contribution >= 0.6 is 0 Å². The molecule has 0 unspecified atom stereocenters. The van der Waals surface area contributed by atoms with Crippen molar-refractivity contribution in [2.45, 2.75) is 69.9 Å². The lowest BCUT2D eigenvalue weighted by molar-refractivity contribution is -0.0415. The lowest BCUT2D eigenvalue weighted by Gasteiger charge is -2.19. The quantitative estimate of drug-likeness (QED) is 0.290. The van der Waals surface area contributed by atoms with E-state index < -0.39 is 24.4 Å². The minimum Gasteiger partial charge on any atom is -0.390 e. The summed E-state index contributed by atoms with van der Waals surface area (Å²) in [7, 11) is 0. The Balaban J connectivity index is 4.11. The average molecular weight is 294 g/mol. The predicted molar refractivity (Wildman–Crippen MR) is 83.2 cm³/mol. The van der Waals surface area contributed by atoms with E-state index in [-0.39, 0.29) is 0 Å². The van der Waals surface area contributed by atoms with Crippen LogP contribution in [-0.2, 0) is 0 Å². The van der Waals surface area contributed by atoms with Gasteiger partial charge in [-0.1, -0.05) is 63.5 Å². The van der Waals surface area contributed by atoms with Crippen molar-refractivity contribution in [3.63, 3.8) is 0 Å². The molecule has 4 N–H and O–H groups in total. The summed E-state index contributed by atoms with van der Waals surface area (Å²) in [6.07, 6.45) is 2.31. The highest BCUT2D eigenvalue weighted by Crippen LogP contribution is 2.11. The van der Waals surface area contributed by atoms with Crippen LogP contribution in [0, 0.1) is 23.7 Å². The monoisotopic (exact) mass is 294 g/mol. The zero-order valence-electron chi connectivity index (χ0n) is 12.6. The van der Waals surface area contributed by atoms with E-state index in [0.717, 1.165) is 25.7 Å². The lowest BCUT2D eigenvalue weighted by atomic mass is 10.0. The van der Waals surface area contributed by atoms with Gasteiger partial charge < -0.3 is 20.4 Å². The maximum atomic E-state index is 9.76. The fourth-order valence-corrected chi connectivity index (χ4v) is 1.70.